The zero-order valence-electron chi connectivity index (χ0n) is 9.80. The highest BCUT2D eigenvalue weighted by molar-refractivity contribution is 5.87. The van der Waals surface area contributed by atoms with Crippen LogP contribution in [0.25, 0.3) is 0 Å². The molecular formula is C13H23NO. The highest BCUT2D eigenvalue weighted by Crippen LogP contribution is 2.42. The molecule has 0 aromatic carbocycles. The first-order valence-electron chi connectivity index (χ1n) is 6.44. The van der Waals surface area contributed by atoms with Gasteiger partial charge in [0.25, 0.3) is 0 Å². The van der Waals surface area contributed by atoms with Gasteiger partial charge in [-0.3, -0.25) is 4.79 Å². The maximum absolute atomic E-state index is 12.5. The molecule has 2 rings (SSSR count). The molecule has 2 N–H and O–H groups in total. The molecule has 0 aromatic rings. The average molecular weight is 209 g/mol. The summed E-state index contributed by atoms with van der Waals surface area (Å²) in [5, 5.41) is 0. The second-order valence-electron chi connectivity index (χ2n) is 5.62. The molecule has 0 amide bonds. The van der Waals surface area contributed by atoms with Crippen LogP contribution < -0.4 is 5.73 Å². The first-order chi connectivity index (χ1) is 7.14. The zero-order valence-corrected chi connectivity index (χ0v) is 9.80. The van der Waals surface area contributed by atoms with Crippen LogP contribution in [0.5, 0.6) is 0 Å². The molecule has 2 unspecified atom stereocenters. The lowest BCUT2D eigenvalue weighted by Crippen LogP contribution is -2.44. The molecule has 2 saturated carbocycles. The highest BCUT2D eigenvalue weighted by Gasteiger charge is 2.45. The fraction of sp³-hybridized carbons (Fsp3) is 0.923. The van der Waals surface area contributed by atoms with Crippen LogP contribution in [0.2, 0.25) is 0 Å². The van der Waals surface area contributed by atoms with Crippen molar-refractivity contribution >= 4 is 5.78 Å². The molecule has 0 aromatic heterocycles. The van der Waals surface area contributed by atoms with Crippen molar-refractivity contribution in [2.75, 3.05) is 0 Å². The Balaban J connectivity index is 2.05. The first-order valence-corrected chi connectivity index (χ1v) is 6.44. The summed E-state index contributed by atoms with van der Waals surface area (Å²) >= 11 is 0. The minimum absolute atomic E-state index is 0.118. The van der Waals surface area contributed by atoms with Crippen LogP contribution in [0.3, 0.4) is 0 Å². The molecule has 0 bridgehead atoms. The van der Waals surface area contributed by atoms with Gasteiger partial charge >= 0.3 is 0 Å². The van der Waals surface area contributed by atoms with Crippen LogP contribution >= 0.6 is 0 Å². The van der Waals surface area contributed by atoms with Crippen molar-refractivity contribution in [1.82, 2.24) is 0 Å². The van der Waals surface area contributed by atoms with Gasteiger partial charge in [0.15, 0.2) is 0 Å². The SMILES string of the molecule is CC1(C(=O)C2CCCCC2)CCCC1N. The van der Waals surface area contributed by atoms with E-state index < -0.39 is 0 Å². The standard InChI is InChI=1S/C13H23NO/c1-13(9-5-8-11(13)14)12(15)10-6-3-2-4-7-10/h10-11H,2-9,14H2,1H3. The second-order valence-corrected chi connectivity index (χ2v) is 5.62. The molecule has 2 heteroatoms. The Kier molecular flexibility index (Phi) is 3.15. The third-order valence-corrected chi connectivity index (χ3v) is 4.57. The number of ketones is 1. The molecule has 2 aliphatic carbocycles. The lowest BCUT2D eigenvalue weighted by Gasteiger charge is -2.33. The molecule has 0 spiro atoms. The van der Waals surface area contributed by atoms with E-state index in [1.165, 1.54) is 19.3 Å². The van der Waals surface area contributed by atoms with E-state index in [1.54, 1.807) is 0 Å². The number of hydrogen-bond donors (Lipinski definition) is 1. The molecule has 0 radical (unpaired) electrons. The summed E-state index contributed by atoms with van der Waals surface area (Å²) in [6.45, 7) is 2.10. The van der Waals surface area contributed by atoms with E-state index in [1.807, 2.05) is 0 Å². The Morgan fingerprint density at radius 1 is 1.13 bits per heavy atom. The third-order valence-electron chi connectivity index (χ3n) is 4.57. The Hall–Kier alpha value is -0.370. The molecule has 86 valence electrons. The minimum Gasteiger partial charge on any atom is -0.327 e. The van der Waals surface area contributed by atoms with Gasteiger partial charge in [0.05, 0.1) is 0 Å². The van der Waals surface area contributed by atoms with Crippen molar-refractivity contribution in [3.05, 3.63) is 0 Å². The summed E-state index contributed by atoms with van der Waals surface area (Å²) in [5.41, 5.74) is 5.91. The van der Waals surface area contributed by atoms with Gasteiger partial charge < -0.3 is 5.73 Å². The molecule has 2 fully saturated rings. The van der Waals surface area contributed by atoms with Crippen LogP contribution in [-0.2, 0) is 4.79 Å². The van der Waals surface area contributed by atoms with Gasteiger partial charge in [-0.1, -0.05) is 32.6 Å². The normalized spacial score (nSPS) is 38.1. The highest BCUT2D eigenvalue weighted by atomic mass is 16.1. The van der Waals surface area contributed by atoms with Crippen LogP contribution in [0.4, 0.5) is 0 Å². The monoisotopic (exact) mass is 209 g/mol. The van der Waals surface area contributed by atoms with E-state index in [0.717, 1.165) is 32.1 Å². The number of Topliss-reactive ketones (excluding diaryl/α,β-unsaturated/α-hetero) is 1. The number of carbonyl (C=O) groups is 1. The Morgan fingerprint density at radius 2 is 1.80 bits per heavy atom. The molecule has 0 saturated heterocycles. The predicted molar refractivity (Wildman–Crippen MR) is 61.5 cm³/mol. The van der Waals surface area contributed by atoms with Crippen LogP contribution in [0.1, 0.15) is 58.3 Å². The van der Waals surface area contributed by atoms with E-state index in [4.69, 9.17) is 5.73 Å². The molecule has 2 atom stereocenters. The summed E-state index contributed by atoms with van der Waals surface area (Å²) in [6, 6.07) is 0.118. The van der Waals surface area contributed by atoms with Crippen molar-refractivity contribution in [3.8, 4) is 0 Å². The van der Waals surface area contributed by atoms with Crippen LogP contribution in [0.15, 0.2) is 0 Å². The lowest BCUT2D eigenvalue weighted by molar-refractivity contribution is -0.133. The fourth-order valence-electron chi connectivity index (χ4n) is 3.33. The van der Waals surface area contributed by atoms with E-state index in [2.05, 4.69) is 6.92 Å². The largest absolute Gasteiger partial charge is 0.327 e. The van der Waals surface area contributed by atoms with Gasteiger partial charge in [-0.25, -0.2) is 0 Å². The van der Waals surface area contributed by atoms with Gasteiger partial charge in [0.2, 0.25) is 0 Å². The minimum atomic E-state index is -0.192. The van der Waals surface area contributed by atoms with Gasteiger partial charge in [0, 0.05) is 17.4 Å². The molecule has 0 heterocycles. The predicted octanol–water partition coefficient (Wildman–Crippen LogP) is 2.65. The van der Waals surface area contributed by atoms with Crippen molar-refractivity contribution < 1.29 is 4.79 Å². The van der Waals surface area contributed by atoms with Gasteiger partial charge in [-0.15, -0.1) is 0 Å². The van der Waals surface area contributed by atoms with Crippen molar-refractivity contribution in [1.29, 1.82) is 0 Å². The summed E-state index contributed by atoms with van der Waals surface area (Å²) < 4.78 is 0. The maximum atomic E-state index is 12.5. The van der Waals surface area contributed by atoms with E-state index in [-0.39, 0.29) is 11.5 Å². The van der Waals surface area contributed by atoms with Crippen LogP contribution in [0, 0.1) is 11.3 Å². The van der Waals surface area contributed by atoms with Gasteiger partial charge in [0.1, 0.15) is 5.78 Å². The van der Waals surface area contributed by atoms with Gasteiger partial charge in [-0.2, -0.15) is 0 Å². The summed E-state index contributed by atoms with van der Waals surface area (Å²) in [4.78, 5) is 12.5. The first kappa shape index (κ1) is 11.1. The molecule has 2 nitrogen and oxygen atoms in total. The Morgan fingerprint density at radius 3 is 2.33 bits per heavy atom. The summed E-state index contributed by atoms with van der Waals surface area (Å²) in [5.74, 6) is 0.806. The topological polar surface area (TPSA) is 43.1 Å². The average Bonchev–Trinajstić information content (AvgIpc) is 2.61. The van der Waals surface area contributed by atoms with E-state index in [9.17, 15) is 4.79 Å². The maximum Gasteiger partial charge on any atom is 0.143 e. The molecule has 2 aliphatic rings. The molecule has 0 aliphatic heterocycles. The zero-order chi connectivity index (χ0) is 10.9. The smallest absolute Gasteiger partial charge is 0.143 e. The second kappa shape index (κ2) is 4.25. The van der Waals surface area contributed by atoms with E-state index >= 15 is 0 Å². The number of rotatable bonds is 2. The third kappa shape index (κ3) is 1.96. The number of nitrogens with two attached hydrogens (primary N) is 1. The lowest BCUT2D eigenvalue weighted by atomic mass is 9.71. The summed E-state index contributed by atoms with van der Waals surface area (Å²) in [6.07, 6.45) is 9.20. The molecular weight excluding hydrogens is 186 g/mol. The Labute approximate surface area is 92.6 Å². The van der Waals surface area contributed by atoms with Crippen LogP contribution in [-0.4, -0.2) is 11.8 Å². The van der Waals surface area contributed by atoms with Crippen molar-refractivity contribution in [2.24, 2.45) is 17.1 Å². The number of hydrogen-bond acceptors (Lipinski definition) is 2. The molecule has 15 heavy (non-hydrogen) atoms. The quantitative estimate of drug-likeness (QED) is 0.759. The van der Waals surface area contributed by atoms with Gasteiger partial charge in [-0.05, 0) is 25.7 Å². The Bertz CT molecular complexity index is 245. The summed E-state index contributed by atoms with van der Waals surface area (Å²) in [7, 11) is 0. The van der Waals surface area contributed by atoms with Crippen molar-refractivity contribution in [2.45, 2.75) is 64.3 Å². The van der Waals surface area contributed by atoms with Crippen molar-refractivity contribution in [3.63, 3.8) is 0 Å². The van der Waals surface area contributed by atoms with E-state index in [0.29, 0.717) is 11.7 Å². The number of carbonyl (C=O) groups excluding carboxylic acids is 1. The fourth-order valence-corrected chi connectivity index (χ4v) is 3.33.